The number of imidazole rings is 1. The maximum atomic E-state index is 13.6. The number of rotatable bonds is 1. The Morgan fingerprint density at radius 1 is 1.22 bits per heavy atom. The van der Waals surface area contributed by atoms with Crippen molar-refractivity contribution < 1.29 is 4.39 Å². The van der Waals surface area contributed by atoms with Gasteiger partial charge in [0.1, 0.15) is 11.3 Å². The van der Waals surface area contributed by atoms with Crippen LogP contribution in [0.4, 0.5) is 10.1 Å². The Labute approximate surface area is 107 Å². The van der Waals surface area contributed by atoms with Crippen LogP contribution in [0.3, 0.4) is 0 Å². The molecular weight excluding hydrogens is 253 g/mol. The van der Waals surface area contributed by atoms with E-state index in [0.29, 0.717) is 33.1 Å². The van der Waals surface area contributed by atoms with E-state index in [1.807, 2.05) is 0 Å². The number of nitrogens with two attached hydrogens (primary N) is 1. The Morgan fingerprint density at radius 3 is 2.83 bits per heavy atom. The van der Waals surface area contributed by atoms with Gasteiger partial charge in [-0.25, -0.2) is 9.37 Å². The fourth-order valence-corrected chi connectivity index (χ4v) is 2.03. The molecule has 18 heavy (non-hydrogen) atoms. The molecule has 0 fully saturated rings. The highest BCUT2D eigenvalue weighted by atomic mass is 35.5. The molecule has 0 radical (unpaired) electrons. The van der Waals surface area contributed by atoms with E-state index in [2.05, 4.69) is 9.97 Å². The Kier molecular flexibility index (Phi) is 2.45. The molecule has 90 valence electrons. The van der Waals surface area contributed by atoms with Crippen LogP contribution in [0.1, 0.15) is 0 Å². The molecule has 3 aromatic rings. The van der Waals surface area contributed by atoms with Gasteiger partial charge >= 0.3 is 0 Å². The number of anilines is 1. The predicted octanol–water partition coefficient (Wildman–Crippen LogP) is 3.60. The van der Waals surface area contributed by atoms with E-state index in [0.717, 1.165) is 0 Å². The van der Waals surface area contributed by atoms with Crippen molar-refractivity contribution in [3.63, 3.8) is 0 Å². The summed E-state index contributed by atoms with van der Waals surface area (Å²) in [5, 5.41) is 0.556. The number of halogens is 2. The zero-order chi connectivity index (χ0) is 12.7. The van der Waals surface area contributed by atoms with E-state index >= 15 is 0 Å². The van der Waals surface area contributed by atoms with Gasteiger partial charge in [-0.15, -0.1) is 0 Å². The normalized spacial score (nSPS) is 11.0. The van der Waals surface area contributed by atoms with Gasteiger partial charge in [-0.1, -0.05) is 17.7 Å². The summed E-state index contributed by atoms with van der Waals surface area (Å²) in [5.74, 6) is 0.144. The number of nitrogens with zero attached hydrogens (tertiary/aromatic N) is 1. The summed E-state index contributed by atoms with van der Waals surface area (Å²) >= 11 is 5.93. The number of hydrogen-bond acceptors (Lipinski definition) is 2. The number of nitrogens with one attached hydrogen (secondary N) is 1. The Bertz CT molecular complexity index is 736. The van der Waals surface area contributed by atoms with Crippen LogP contribution in [0, 0.1) is 5.82 Å². The van der Waals surface area contributed by atoms with Crippen molar-refractivity contribution in [1.29, 1.82) is 0 Å². The lowest BCUT2D eigenvalue weighted by molar-refractivity contribution is 0.637. The van der Waals surface area contributed by atoms with Gasteiger partial charge in [0.25, 0.3) is 0 Å². The third-order valence-electron chi connectivity index (χ3n) is 2.73. The molecule has 0 bridgehead atoms. The molecule has 1 aromatic heterocycles. The van der Waals surface area contributed by atoms with Gasteiger partial charge in [0.2, 0.25) is 0 Å². The zero-order valence-electron chi connectivity index (χ0n) is 9.24. The van der Waals surface area contributed by atoms with E-state index < -0.39 is 0 Å². The molecule has 3 rings (SSSR count). The second kappa shape index (κ2) is 3.99. The predicted molar refractivity (Wildman–Crippen MR) is 70.9 cm³/mol. The van der Waals surface area contributed by atoms with Crippen LogP contribution < -0.4 is 5.73 Å². The van der Waals surface area contributed by atoms with Crippen LogP contribution in [0.25, 0.3) is 22.4 Å². The maximum Gasteiger partial charge on any atom is 0.151 e. The average molecular weight is 262 g/mol. The Morgan fingerprint density at radius 2 is 2.06 bits per heavy atom. The van der Waals surface area contributed by atoms with Crippen LogP contribution in [0.15, 0.2) is 36.4 Å². The number of fused-ring (bicyclic) bond motifs is 1. The molecule has 3 nitrogen and oxygen atoms in total. The third kappa shape index (κ3) is 1.71. The number of aromatic nitrogens is 2. The van der Waals surface area contributed by atoms with E-state index in [1.54, 1.807) is 30.3 Å². The van der Waals surface area contributed by atoms with Crippen LogP contribution >= 0.6 is 11.6 Å². The van der Waals surface area contributed by atoms with Gasteiger partial charge in [-0.2, -0.15) is 0 Å². The molecule has 0 aliphatic carbocycles. The van der Waals surface area contributed by atoms with Gasteiger partial charge < -0.3 is 10.7 Å². The molecule has 0 aliphatic heterocycles. The zero-order valence-corrected chi connectivity index (χ0v) is 10.0. The van der Waals surface area contributed by atoms with Crippen molar-refractivity contribution in [2.75, 3.05) is 5.73 Å². The van der Waals surface area contributed by atoms with Gasteiger partial charge in [-0.05, 0) is 30.3 Å². The highest BCUT2D eigenvalue weighted by Crippen LogP contribution is 2.28. The van der Waals surface area contributed by atoms with Crippen LogP contribution in [-0.4, -0.2) is 9.97 Å². The molecular formula is C13H9ClFN3. The summed E-state index contributed by atoms with van der Waals surface area (Å²) in [6, 6.07) is 9.85. The lowest BCUT2D eigenvalue weighted by atomic mass is 10.2. The van der Waals surface area contributed by atoms with Crippen LogP contribution in [0.2, 0.25) is 5.02 Å². The first-order chi connectivity index (χ1) is 8.65. The van der Waals surface area contributed by atoms with Gasteiger partial charge in [-0.3, -0.25) is 0 Å². The van der Waals surface area contributed by atoms with E-state index in [4.69, 9.17) is 17.3 Å². The minimum absolute atomic E-state index is 0.298. The minimum Gasteiger partial charge on any atom is -0.398 e. The van der Waals surface area contributed by atoms with E-state index in [9.17, 15) is 4.39 Å². The molecule has 0 spiro atoms. The summed E-state index contributed by atoms with van der Waals surface area (Å²) in [6.45, 7) is 0. The molecule has 0 saturated heterocycles. The van der Waals surface area contributed by atoms with Crippen molar-refractivity contribution in [1.82, 2.24) is 9.97 Å². The number of nitrogen functional groups attached to an aromatic ring is 1. The summed E-state index contributed by atoms with van der Waals surface area (Å²) in [7, 11) is 0. The standard InChI is InChI=1S/C13H9ClFN3/c14-7-4-5-10(16)8(6-7)13-17-11-3-1-2-9(15)12(11)18-13/h1-6H,16H2,(H,17,18). The Balaban J connectivity index is 2.26. The van der Waals surface area contributed by atoms with E-state index in [1.165, 1.54) is 6.07 Å². The van der Waals surface area contributed by atoms with Crippen molar-refractivity contribution in [2.45, 2.75) is 0 Å². The van der Waals surface area contributed by atoms with Crippen molar-refractivity contribution in [2.24, 2.45) is 0 Å². The molecule has 5 heteroatoms. The molecule has 3 N–H and O–H groups in total. The van der Waals surface area contributed by atoms with Gasteiger partial charge in [0, 0.05) is 16.3 Å². The summed E-state index contributed by atoms with van der Waals surface area (Å²) < 4.78 is 13.6. The van der Waals surface area contributed by atoms with Crippen LogP contribution in [0.5, 0.6) is 0 Å². The largest absolute Gasteiger partial charge is 0.398 e. The first-order valence-electron chi connectivity index (χ1n) is 5.35. The quantitative estimate of drug-likeness (QED) is 0.658. The number of para-hydroxylation sites is 1. The van der Waals surface area contributed by atoms with E-state index in [-0.39, 0.29) is 5.82 Å². The number of hydrogen-bond donors (Lipinski definition) is 2. The Hall–Kier alpha value is -2.07. The number of benzene rings is 2. The highest BCUT2D eigenvalue weighted by Gasteiger charge is 2.11. The maximum absolute atomic E-state index is 13.6. The summed E-state index contributed by atoms with van der Waals surface area (Å²) in [6.07, 6.45) is 0. The number of H-pyrrole nitrogens is 1. The highest BCUT2D eigenvalue weighted by molar-refractivity contribution is 6.31. The van der Waals surface area contributed by atoms with Gasteiger partial charge in [0.05, 0.1) is 5.52 Å². The van der Waals surface area contributed by atoms with Crippen molar-refractivity contribution in [3.05, 3.63) is 47.2 Å². The summed E-state index contributed by atoms with van der Waals surface area (Å²) in [5.41, 5.74) is 8.00. The smallest absolute Gasteiger partial charge is 0.151 e. The first-order valence-corrected chi connectivity index (χ1v) is 5.72. The lowest BCUT2D eigenvalue weighted by Gasteiger charge is -2.02. The third-order valence-corrected chi connectivity index (χ3v) is 2.97. The second-order valence-electron chi connectivity index (χ2n) is 3.95. The first kappa shape index (κ1) is 11.0. The van der Waals surface area contributed by atoms with Crippen molar-refractivity contribution >= 4 is 28.3 Å². The molecule has 1 heterocycles. The molecule has 0 amide bonds. The second-order valence-corrected chi connectivity index (χ2v) is 4.39. The topological polar surface area (TPSA) is 54.7 Å². The SMILES string of the molecule is Nc1ccc(Cl)cc1-c1nc2c(F)cccc2[nH]1. The molecule has 0 atom stereocenters. The fraction of sp³-hybridized carbons (Fsp3) is 0. The number of aromatic amines is 1. The fourth-order valence-electron chi connectivity index (χ4n) is 1.86. The average Bonchev–Trinajstić information content (AvgIpc) is 2.77. The molecule has 0 saturated carbocycles. The molecule has 0 unspecified atom stereocenters. The van der Waals surface area contributed by atoms with Crippen LogP contribution in [-0.2, 0) is 0 Å². The van der Waals surface area contributed by atoms with Gasteiger partial charge in [0.15, 0.2) is 5.82 Å². The molecule has 2 aromatic carbocycles. The molecule has 0 aliphatic rings. The monoisotopic (exact) mass is 261 g/mol. The summed E-state index contributed by atoms with van der Waals surface area (Å²) in [4.78, 5) is 7.25. The minimum atomic E-state index is -0.365. The lowest BCUT2D eigenvalue weighted by Crippen LogP contribution is -1.91. The van der Waals surface area contributed by atoms with Crippen molar-refractivity contribution in [3.8, 4) is 11.4 Å².